The Hall–Kier alpha value is -1.60. The van der Waals surface area contributed by atoms with E-state index >= 15 is 0 Å². The molecule has 0 bridgehead atoms. The van der Waals surface area contributed by atoms with Crippen LogP contribution in [-0.2, 0) is 19.6 Å². The smallest absolute Gasteiger partial charge is 0.321 e. The zero-order valence-corrected chi connectivity index (χ0v) is 14.4. The zero-order chi connectivity index (χ0) is 16.9. The number of sulfonamides is 1. The second-order valence-corrected chi connectivity index (χ2v) is 6.94. The molecule has 0 saturated heterocycles. The van der Waals surface area contributed by atoms with Gasteiger partial charge in [0.2, 0.25) is 10.0 Å². The summed E-state index contributed by atoms with van der Waals surface area (Å²) in [4.78, 5) is 11.8. The van der Waals surface area contributed by atoms with E-state index in [2.05, 4.69) is 0 Å². The minimum atomic E-state index is -3.79. The van der Waals surface area contributed by atoms with Crippen molar-refractivity contribution in [3.63, 3.8) is 0 Å². The van der Waals surface area contributed by atoms with Gasteiger partial charge in [-0.15, -0.1) is 0 Å². The van der Waals surface area contributed by atoms with E-state index in [-0.39, 0.29) is 24.1 Å². The standard InChI is InChI=1S/C15H23NO5S/c1-6-21-15(17)10-16(11(2)3)22(18,19)14-8-7-13(20-5)9-12(14)4/h7-9,11H,6,10H2,1-5H3. The van der Waals surface area contributed by atoms with Gasteiger partial charge in [0.05, 0.1) is 18.6 Å². The van der Waals surface area contributed by atoms with Crippen molar-refractivity contribution in [3.05, 3.63) is 23.8 Å². The highest BCUT2D eigenvalue weighted by molar-refractivity contribution is 7.89. The summed E-state index contributed by atoms with van der Waals surface area (Å²) in [6, 6.07) is 4.36. The molecule has 0 aliphatic rings. The third-order valence-corrected chi connectivity index (χ3v) is 5.32. The number of methoxy groups -OCH3 is 1. The summed E-state index contributed by atoms with van der Waals surface area (Å²) in [5.41, 5.74) is 0.564. The molecule has 22 heavy (non-hydrogen) atoms. The molecule has 1 rings (SSSR count). The van der Waals surface area contributed by atoms with E-state index in [1.54, 1.807) is 39.8 Å². The van der Waals surface area contributed by atoms with E-state index in [9.17, 15) is 13.2 Å². The molecule has 0 aromatic heterocycles. The summed E-state index contributed by atoms with van der Waals surface area (Å²) >= 11 is 0. The number of carbonyl (C=O) groups excluding carboxylic acids is 1. The molecule has 6 nitrogen and oxygen atoms in total. The van der Waals surface area contributed by atoms with Gasteiger partial charge in [0, 0.05) is 6.04 Å². The van der Waals surface area contributed by atoms with Crippen molar-refractivity contribution in [3.8, 4) is 5.75 Å². The fourth-order valence-electron chi connectivity index (χ4n) is 2.04. The van der Waals surface area contributed by atoms with Crippen molar-refractivity contribution >= 4 is 16.0 Å². The molecule has 0 saturated carbocycles. The molecule has 0 amide bonds. The maximum atomic E-state index is 12.8. The van der Waals surface area contributed by atoms with Crippen LogP contribution in [0.5, 0.6) is 5.75 Å². The summed E-state index contributed by atoms with van der Waals surface area (Å²) in [6.45, 7) is 6.72. The molecule has 0 N–H and O–H groups in total. The van der Waals surface area contributed by atoms with Crippen LogP contribution in [0.2, 0.25) is 0 Å². The van der Waals surface area contributed by atoms with Crippen LogP contribution in [0.3, 0.4) is 0 Å². The maximum Gasteiger partial charge on any atom is 0.321 e. The van der Waals surface area contributed by atoms with Crippen LogP contribution in [-0.4, -0.2) is 45.0 Å². The van der Waals surface area contributed by atoms with E-state index < -0.39 is 16.0 Å². The fraction of sp³-hybridized carbons (Fsp3) is 0.533. The minimum absolute atomic E-state index is 0.159. The maximum absolute atomic E-state index is 12.8. The minimum Gasteiger partial charge on any atom is -0.497 e. The third-order valence-electron chi connectivity index (χ3n) is 3.13. The molecule has 1 aromatic carbocycles. The van der Waals surface area contributed by atoms with Crippen LogP contribution >= 0.6 is 0 Å². The first kappa shape index (κ1) is 18.4. The molecule has 0 heterocycles. The molecule has 7 heteroatoms. The molecule has 0 fully saturated rings. The Morgan fingerprint density at radius 3 is 2.41 bits per heavy atom. The molecular formula is C15H23NO5S. The summed E-state index contributed by atoms with van der Waals surface area (Å²) in [7, 11) is -2.27. The third kappa shape index (κ3) is 4.20. The Morgan fingerprint density at radius 1 is 1.32 bits per heavy atom. The monoisotopic (exact) mass is 329 g/mol. The van der Waals surface area contributed by atoms with Crippen LogP contribution in [0.1, 0.15) is 26.3 Å². The van der Waals surface area contributed by atoms with E-state index in [1.807, 2.05) is 0 Å². The Bertz CT molecular complexity index is 625. The Morgan fingerprint density at radius 2 is 1.95 bits per heavy atom. The van der Waals surface area contributed by atoms with Crippen molar-refractivity contribution in [2.24, 2.45) is 0 Å². The SMILES string of the molecule is CCOC(=O)CN(C(C)C)S(=O)(=O)c1ccc(OC)cc1C. The highest BCUT2D eigenvalue weighted by Gasteiger charge is 2.30. The number of nitrogens with zero attached hydrogens (tertiary/aromatic N) is 1. The lowest BCUT2D eigenvalue weighted by Gasteiger charge is -2.25. The van der Waals surface area contributed by atoms with Crippen molar-refractivity contribution in [1.82, 2.24) is 4.31 Å². The lowest BCUT2D eigenvalue weighted by atomic mass is 10.2. The van der Waals surface area contributed by atoms with E-state index in [0.717, 1.165) is 4.31 Å². The van der Waals surface area contributed by atoms with Crippen LogP contribution in [0, 0.1) is 6.92 Å². The van der Waals surface area contributed by atoms with Gasteiger partial charge in [0.15, 0.2) is 0 Å². The topological polar surface area (TPSA) is 72.9 Å². The van der Waals surface area contributed by atoms with Gasteiger partial charge in [-0.05, 0) is 51.5 Å². The van der Waals surface area contributed by atoms with Gasteiger partial charge >= 0.3 is 5.97 Å². The first-order valence-corrected chi connectivity index (χ1v) is 8.50. The first-order valence-electron chi connectivity index (χ1n) is 7.06. The number of carbonyl (C=O) groups is 1. The van der Waals surface area contributed by atoms with Crippen molar-refractivity contribution in [1.29, 1.82) is 0 Å². The van der Waals surface area contributed by atoms with Crippen molar-refractivity contribution < 1.29 is 22.7 Å². The van der Waals surface area contributed by atoms with Crippen LogP contribution in [0.4, 0.5) is 0 Å². The molecule has 0 unspecified atom stereocenters. The van der Waals surface area contributed by atoms with Gasteiger partial charge in [-0.3, -0.25) is 4.79 Å². The van der Waals surface area contributed by atoms with E-state index in [0.29, 0.717) is 11.3 Å². The largest absolute Gasteiger partial charge is 0.497 e. The van der Waals surface area contributed by atoms with Gasteiger partial charge < -0.3 is 9.47 Å². The lowest BCUT2D eigenvalue weighted by molar-refractivity contribution is -0.143. The van der Waals surface area contributed by atoms with E-state index in [1.165, 1.54) is 13.2 Å². The second kappa shape index (κ2) is 7.60. The molecule has 0 atom stereocenters. The quantitative estimate of drug-likeness (QED) is 0.715. The molecule has 124 valence electrons. The van der Waals surface area contributed by atoms with Crippen LogP contribution < -0.4 is 4.74 Å². The molecule has 1 aromatic rings. The molecule has 0 aliphatic heterocycles. The Balaban J connectivity index is 3.20. The van der Waals surface area contributed by atoms with E-state index in [4.69, 9.17) is 9.47 Å². The average Bonchev–Trinajstić information content (AvgIpc) is 2.44. The molecule has 0 radical (unpaired) electrons. The highest BCUT2D eigenvalue weighted by Crippen LogP contribution is 2.25. The number of ether oxygens (including phenoxy) is 2. The molecule has 0 spiro atoms. The molecular weight excluding hydrogens is 306 g/mol. The van der Waals surface area contributed by atoms with Gasteiger partial charge in [-0.2, -0.15) is 4.31 Å². The summed E-state index contributed by atoms with van der Waals surface area (Å²) in [5, 5.41) is 0. The van der Waals surface area contributed by atoms with Gasteiger partial charge in [0.25, 0.3) is 0 Å². The number of benzene rings is 1. The predicted octanol–water partition coefficient (Wildman–Crippen LogP) is 1.97. The lowest BCUT2D eigenvalue weighted by Crippen LogP contribution is -2.41. The average molecular weight is 329 g/mol. The number of aryl methyl sites for hydroxylation is 1. The predicted molar refractivity (Wildman–Crippen MR) is 83.4 cm³/mol. The zero-order valence-electron chi connectivity index (χ0n) is 13.6. The second-order valence-electron chi connectivity index (χ2n) is 5.08. The number of esters is 1. The number of rotatable bonds is 7. The normalized spacial score (nSPS) is 11.8. The number of hydrogen-bond acceptors (Lipinski definition) is 5. The summed E-state index contributed by atoms with van der Waals surface area (Å²) < 4.78 is 36.7. The number of hydrogen-bond donors (Lipinski definition) is 0. The van der Waals surface area contributed by atoms with Gasteiger partial charge in [-0.1, -0.05) is 0 Å². The van der Waals surface area contributed by atoms with Crippen LogP contribution in [0.15, 0.2) is 23.1 Å². The Labute approximate surface area is 132 Å². The van der Waals surface area contributed by atoms with Crippen LogP contribution in [0.25, 0.3) is 0 Å². The summed E-state index contributed by atoms with van der Waals surface area (Å²) in [6.07, 6.45) is 0. The van der Waals surface area contributed by atoms with Gasteiger partial charge in [-0.25, -0.2) is 8.42 Å². The summed E-state index contributed by atoms with van der Waals surface area (Å²) in [5.74, 6) is 0.0175. The molecule has 0 aliphatic carbocycles. The van der Waals surface area contributed by atoms with Crippen molar-refractivity contribution in [2.75, 3.05) is 20.3 Å². The fourth-order valence-corrected chi connectivity index (χ4v) is 3.83. The first-order chi connectivity index (χ1) is 10.2. The van der Waals surface area contributed by atoms with Crippen molar-refractivity contribution in [2.45, 2.75) is 38.6 Å². The van der Waals surface area contributed by atoms with Gasteiger partial charge in [0.1, 0.15) is 12.3 Å². The Kier molecular flexibility index (Phi) is 6.37. The highest BCUT2D eigenvalue weighted by atomic mass is 32.2.